The molecule has 1 saturated carbocycles. The van der Waals surface area contributed by atoms with Crippen molar-refractivity contribution >= 4 is 11.6 Å². The van der Waals surface area contributed by atoms with Crippen LogP contribution in [0.25, 0.3) is 0 Å². The maximum Gasteiger partial charge on any atom is 0.0865 e. The van der Waals surface area contributed by atoms with E-state index >= 15 is 0 Å². The van der Waals surface area contributed by atoms with Crippen molar-refractivity contribution < 1.29 is 0 Å². The summed E-state index contributed by atoms with van der Waals surface area (Å²) < 4.78 is 0. The van der Waals surface area contributed by atoms with E-state index in [0.717, 1.165) is 62.3 Å². The second-order valence-electron chi connectivity index (χ2n) is 8.41. The van der Waals surface area contributed by atoms with Gasteiger partial charge in [-0.2, -0.15) is 5.26 Å². The molecule has 1 aliphatic rings. The highest BCUT2D eigenvalue weighted by atomic mass is 35.5. The summed E-state index contributed by atoms with van der Waals surface area (Å²) in [6, 6.07) is 21.5. The number of nitriles is 1. The fraction of sp³-hybridized carbons (Fsp3) is 0.500. The Bertz CT molecular complexity index is 792. The van der Waals surface area contributed by atoms with Crippen molar-refractivity contribution in [1.82, 2.24) is 4.90 Å². The first-order chi connectivity index (χ1) is 14.2. The number of benzene rings is 2. The van der Waals surface area contributed by atoms with E-state index in [-0.39, 0.29) is 0 Å². The van der Waals surface area contributed by atoms with Gasteiger partial charge in [0, 0.05) is 11.6 Å². The average molecular weight is 409 g/mol. The van der Waals surface area contributed by atoms with E-state index in [0.29, 0.717) is 5.92 Å². The molecule has 2 aromatic carbocycles. The summed E-state index contributed by atoms with van der Waals surface area (Å²) in [5.74, 6) is 0.418. The quantitative estimate of drug-likeness (QED) is 0.423. The summed E-state index contributed by atoms with van der Waals surface area (Å²) in [7, 11) is 0. The molecule has 0 aromatic heterocycles. The van der Waals surface area contributed by atoms with Crippen molar-refractivity contribution in [2.75, 3.05) is 13.1 Å². The SMILES string of the molecule is CCCN(CCCC(C#N)(c1ccccc1Cl)C1CCCC1)Cc1ccccc1. The summed E-state index contributed by atoms with van der Waals surface area (Å²) >= 11 is 6.60. The van der Waals surface area contributed by atoms with Crippen LogP contribution in [-0.4, -0.2) is 18.0 Å². The van der Waals surface area contributed by atoms with Gasteiger partial charge in [-0.05, 0) is 68.3 Å². The molecule has 0 spiro atoms. The van der Waals surface area contributed by atoms with Crippen LogP contribution in [0.5, 0.6) is 0 Å². The Morgan fingerprint density at radius 1 is 1.03 bits per heavy atom. The molecule has 3 heteroatoms. The van der Waals surface area contributed by atoms with E-state index in [1.807, 2.05) is 18.2 Å². The molecule has 0 aliphatic heterocycles. The molecule has 3 rings (SSSR count). The van der Waals surface area contributed by atoms with Crippen molar-refractivity contribution in [2.45, 2.75) is 63.8 Å². The molecule has 154 valence electrons. The van der Waals surface area contributed by atoms with E-state index in [1.54, 1.807) is 0 Å². The summed E-state index contributed by atoms with van der Waals surface area (Å²) in [4.78, 5) is 2.53. The van der Waals surface area contributed by atoms with Crippen LogP contribution >= 0.6 is 11.6 Å². The molecule has 1 unspecified atom stereocenters. The lowest BCUT2D eigenvalue weighted by molar-refractivity contribution is 0.238. The van der Waals surface area contributed by atoms with Crippen molar-refractivity contribution in [1.29, 1.82) is 5.26 Å². The molecule has 1 atom stereocenters. The van der Waals surface area contributed by atoms with Gasteiger partial charge >= 0.3 is 0 Å². The van der Waals surface area contributed by atoms with Gasteiger partial charge in [0.15, 0.2) is 0 Å². The predicted octanol–water partition coefficient (Wildman–Crippen LogP) is 6.98. The van der Waals surface area contributed by atoms with E-state index in [1.165, 1.54) is 18.4 Å². The molecular formula is C26H33ClN2. The molecule has 0 radical (unpaired) electrons. The highest BCUT2D eigenvalue weighted by molar-refractivity contribution is 6.31. The zero-order valence-corrected chi connectivity index (χ0v) is 18.4. The lowest BCUT2D eigenvalue weighted by atomic mass is 9.67. The first-order valence-electron chi connectivity index (χ1n) is 11.1. The lowest BCUT2D eigenvalue weighted by Crippen LogP contribution is -2.34. The summed E-state index contributed by atoms with van der Waals surface area (Å²) in [6.07, 6.45) is 7.78. The minimum Gasteiger partial charge on any atom is -0.299 e. The monoisotopic (exact) mass is 408 g/mol. The number of hydrogen-bond donors (Lipinski definition) is 0. The third kappa shape index (κ3) is 5.41. The maximum absolute atomic E-state index is 10.4. The fourth-order valence-corrected chi connectivity index (χ4v) is 5.32. The van der Waals surface area contributed by atoms with E-state index in [4.69, 9.17) is 11.6 Å². The molecule has 0 amide bonds. The smallest absolute Gasteiger partial charge is 0.0865 e. The fourth-order valence-electron chi connectivity index (χ4n) is 5.02. The van der Waals surface area contributed by atoms with Crippen LogP contribution in [0.4, 0.5) is 0 Å². The van der Waals surface area contributed by atoms with Gasteiger partial charge in [0.2, 0.25) is 0 Å². The molecule has 0 saturated heterocycles. The van der Waals surface area contributed by atoms with Gasteiger partial charge in [-0.1, -0.05) is 79.9 Å². The van der Waals surface area contributed by atoms with Crippen molar-refractivity contribution in [3.8, 4) is 6.07 Å². The molecule has 0 bridgehead atoms. The van der Waals surface area contributed by atoms with Gasteiger partial charge < -0.3 is 0 Å². The van der Waals surface area contributed by atoms with Gasteiger partial charge in [-0.3, -0.25) is 4.90 Å². The highest BCUT2D eigenvalue weighted by Gasteiger charge is 2.42. The van der Waals surface area contributed by atoms with E-state index < -0.39 is 5.41 Å². The zero-order chi connectivity index (χ0) is 20.5. The minimum absolute atomic E-state index is 0.418. The van der Waals surface area contributed by atoms with Gasteiger partial charge in [-0.15, -0.1) is 0 Å². The molecular weight excluding hydrogens is 376 g/mol. The third-order valence-corrected chi connectivity index (χ3v) is 6.77. The van der Waals surface area contributed by atoms with Gasteiger partial charge in [0.05, 0.1) is 11.5 Å². The molecule has 0 heterocycles. The van der Waals surface area contributed by atoms with Crippen molar-refractivity contribution in [2.24, 2.45) is 5.92 Å². The Kier molecular flexibility index (Phi) is 8.16. The molecule has 1 fully saturated rings. The predicted molar refractivity (Wildman–Crippen MR) is 122 cm³/mol. The number of nitrogens with zero attached hydrogens (tertiary/aromatic N) is 2. The Morgan fingerprint density at radius 3 is 2.38 bits per heavy atom. The Balaban J connectivity index is 1.74. The van der Waals surface area contributed by atoms with Crippen molar-refractivity contribution in [3.63, 3.8) is 0 Å². The first kappa shape index (κ1) is 21.9. The lowest BCUT2D eigenvalue weighted by Gasteiger charge is -2.35. The van der Waals surface area contributed by atoms with E-state index in [2.05, 4.69) is 54.3 Å². The van der Waals surface area contributed by atoms with Crippen LogP contribution in [0.1, 0.15) is 63.0 Å². The number of rotatable bonds is 10. The zero-order valence-electron chi connectivity index (χ0n) is 17.6. The second-order valence-corrected chi connectivity index (χ2v) is 8.82. The Morgan fingerprint density at radius 2 is 1.72 bits per heavy atom. The third-order valence-electron chi connectivity index (χ3n) is 6.44. The largest absolute Gasteiger partial charge is 0.299 e. The standard InChI is InChI=1S/C26H33ClN2/c1-2-18-29(20-22-11-4-3-5-12-22)19-10-17-26(21-28,23-13-6-7-14-23)24-15-8-9-16-25(24)27/h3-5,8-9,11-12,15-16,23H,2,6-7,10,13-14,17-20H2,1H3. The van der Waals surface area contributed by atoms with Crippen LogP contribution in [0, 0.1) is 17.2 Å². The van der Waals surface area contributed by atoms with E-state index in [9.17, 15) is 5.26 Å². The second kappa shape index (κ2) is 10.8. The van der Waals surface area contributed by atoms with Gasteiger partial charge in [0.25, 0.3) is 0 Å². The average Bonchev–Trinajstić information content (AvgIpc) is 3.28. The van der Waals surface area contributed by atoms with Gasteiger partial charge in [0.1, 0.15) is 0 Å². The van der Waals surface area contributed by atoms with Crippen LogP contribution in [0.2, 0.25) is 5.02 Å². The van der Waals surface area contributed by atoms with Crippen LogP contribution in [-0.2, 0) is 12.0 Å². The molecule has 2 nitrogen and oxygen atoms in total. The van der Waals surface area contributed by atoms with Gasteiger partial charge in [-0.25, -0.2) is 0 Å². The van der Waals surface area contributed by atoms with Crippen LogP contribution in [0.15, 0.2) is 54.6 Å². The minimum atomic E-state index is -0.459. The Labute approximate surface area is 181 Å². The topological polar surface area (TPSA) is 27.0 Å². The molecule has 0 N–H and O–H groups in total. The Hall–Kier alpha value is -1.82. The first-order valence-corrected chi connectivity index (χ1v) is 11.5. The van der Waals surface area contributed by atoms with Crippen LogP contribution in [0.3, 0.4) is 0 Å². The number of halogens is 1. The molecule has 29 heavy (non-hydrogen) atoms. The normalized spacial score (nSPS) is 16.6. The maximum atomic E-state index is 10.4. The highest BCUT2D eigenvalue weighted by Crippen LogP contribution is 2.47. The number of hydrogen-bond acceptors (Lipinski definition) is 2. The molecule has 1 aliphatic carbocycles. The summed E-state index contributed by atoms with van der Waals surface area (Å²) in [6.45, 7) is 5.32. The van der Waals surface area contributed by atoms with Crippen molar-refractivity contribution in [3.05, 3.63) is 70.7 Å². The molecule has 2 aromatic rings. The van der Waals surface area contributed by atoms with Crippen LogP contribution < -0.4 is 0 Å². The summed E-state index contributed by atoms with van der Waals surface area (Å²) in [5.41, 5.74) is 1.94. The summed E-state index contributed by atoms with van der Waals surface area (Å²) in [5, 5.41) is 11.1.